The number of nitrogens with zero attached hydrogens (tertiary/aromatic N) is 4. The minimum atomic E-state index is -2.86. The van der Waals surface area contributed by atoms with Crippen LogP contribution in [0.1, 0.15) is 41.0 Å². The maximum absolute atomic E-state index is 13.7. The third kappa shape index (κ3) is 3.86. The van der Waals surface area contributed by atoms with E-state index >= 15 is 0 Å². The van der Waals surface area contributed by atoms with Crippen molar-refractivity contribution in [2.45, 2.75) is 44.7 Å². The summed E-state index contributed by atoms with van der Waals surface area (Å²) < 4.78 is 49.7. The highest BCUT2D eigenvalue weighted by molar-refractivity contribution is 5.93. The number of aromatic nitrogens is 3. The van der Waals surface area contributed by atoms with Crippen LogP contribution in [0.4, 0.5) is 13.2 Å². The Hall–Kier alpha value is -3.56. The van der Waals surface area contributed by atoms with Crippen molar-refractivity contribution in [2.24, 2.45) is 0 Å². The Bertz CT molecular complexity index is 1330. The van der Waals surface area contributed by atoms with Gasteiger partial charge in [0.05, 0.1) is 24.0 Å². The molecule has 0 bridgehead atoms. The van der Waals surface area contributed by atoms with Gasteiger partial charge in [0.15, 0.2) is 0 Å². The zero-order valence-corrected chi connectivity index (χ0v) is 18.7. The monoisotopic (exact) mass is 472 g/mol. The second-order valence-electron chi connectivity index (χ2n) is 8.84. The van der Waals surface area contributed by atoms with E-state index in [4.69, 9.17) is 4.74 Å². The molecule has 5 rings (SSSR count). The SMILES string of the molecule is Cc1cn(-c2ccc3n(c2=O)CCN([C@@H](C)COc2ccc(F)cc2C2CC2(F)F)C3=O)cn1. The van der Waals surface area contributed by atoms with Crippen molar-refractivity contribution < 1.29 is 22.7 Å². The fraction of sp³-hybridized carbons (Fsp3) is 0.375. The van der Waals surface area contributed by atoms with Gasteiger partial charge in [0.1, 0.15) is 29.6 Å². The molecule has 1 aliphatic carbocycles. The van der Waals surface area contributed by atoms with Crippen molar-refractivity contribution >= 4 is 5.91 Å². The number of fused-ring (bicyclic) bond motifs is 1. The number of hydrogen-bond donors (Lipinski definition) is 0. The number of ether oxygens (including phenoxy) is 1. The quantitative estimate of drug-likeness (QED) is 0.551. The molecular formula is C24H23F3N4O3. The second-order valence-corrected chi connectivity index (χ2v) is 8.84. The summed E-state index contributed by atoms with van der Waals surface area (Å²) in [6.45, 7) is 4.24. The van der Waals surface area contributed by atoms with Crippen LogP contribution >= 0.6 is 0 Å². The van der Waals surface area contributed by atoms with Crippen LogP contribution in [0.5, 0.6) is 5.75 Å². The molecule has 1 aliphatic heterocycles. The second kappa shape index (κ2) is 8.03. The average molecular weight is 472 g/mol. The molecule has 3 heterocycles. The van der Waals surface area contributed by atoms with Crippen molar-refractivity contribution in [2.75, 3.05) is 13.2 Å². The van der Waals surface area contributed by atoms with Crippen molar-refractivity contribution in [1.82, 2.24) is 19.0 Å². The lowest BCUT2D eigenvalue weighted by Crippen LogP contribution is -2.50. The predicted octanol–water partition coefficient (Wildman–Crippen LogP) is 3.53. The molecule has 178 valence electrons. The van der Waals surface area contributed by atoms with Gasteiger partial charge in [0.25, 0.3) is 17.4 Å². The highest BCUT2D eigenvalue weighted by atomic mass is 19.3. The van der Waals surface area contributed by atoms with Gasteiger partial charge in [0.2, 0.25) is 0 Å². The molecule has 2 aromatic heterocycles. The van der Waals surface area contributed by atoms with Crippen LogP contribution in [0, 0.1) is 12.7 Å². The van der Waals surface area contributed by atoms with Gasteiger partial charge in [-0.3, -0.25) is 9.59 Å². The molecule has 34 heavy (non-hydrogen) atoms. The Balaban J connectivity index is 1.32. The number of rotatable bonds is 6. The van der Waals surface area contributed by atoms with Crippen LogP contribution in [0.3, 0.4) is 0 Å². The Morgan fingerprint density at radius 3 is 2.65 bits per heavy atom. The zero-order valence-electron chi connectivity index (χ0n) is 18.7. The van der Waals surface area contributed by atoms with Crippen LogP contribution < -0.4 is 10.3 Å². The molecule has 0 N–H and O–H groups in total. The number of alkyl halides is 2. The van der Waals surface area contributed by atoms with Crippen LogP contribution in [-0.4, -0.2) is 50.0 Å². The van der Waals surface area contributed by atoms with E-state index in [0.717, 1.165) is 17.8 Å². The lowest BCUT2D eigenvalue weighted by atomic mass is 10.1. The van der Waals surface area contributed by atoms with Crippen molar-refractivity contribution in [1.29, 1.82) is 0 Å². The van der Waals surface area contributed by atoms with Gasteiger partial charge in [-0.25, -0.2) is 18.2 Å². The smallest absolute Gasteiger partial charge is 0.275 e. The fourth-order valence-corrected chi connectivity index (χ4v) is 4.38. The predicted molar refractivity (Wildman–Crippen MR) is 117 cm³/mol. The molecular weight excluding hydrogens is 449 g/mol. The maximum Gasteiger partial charge on any atom is 0.275 e. The number of carbonyl (C=O) groups is 1. The highest BCUT2D eigenvalue weighted by Crippen LogP contribution is 2.57. The van der Waals surface area contributed by atoms with Crippen molar-refractivity contribution in [3.8, 4) is 11.4 Å². The Labute approximate surface area is 193 Å². The van der Waals surface area contributed by atoms with Gasteiger partial charge in [-0.05, 0) is 44.2 Å². The van der Waals surface area contributed by atoms with Gasteiger partial charge in [-0.1, -0.05) is 0 Å². The lowest BCUT2D eigenvalue weighted by Gasteiger charge is -2.34. The molecule has 7 nitrogen and oxygen atoms in total. The molecule has 3 aromatic rings. The molecule has 0 saturated heterocycles. The number of carbonyl (C=O) groups excluding carboxylic acids is 1. The summed E-state index contributed by atoms with van der Waals surface area (Å²) in [7, 11) is 0. The van der Waals surface area contributed by atoms with Crippen LogP contribution in [0.25, 0.3) is 5.69 Å². The summed E-state index contributed by atoms with van der Waals surface area (Å²) in [5.41, 5.74) is 1.30. The lowest BCUT2D eigenvalue weighted by molar-refractivity contribution is 0.0569. The first-order valence-electron chi connectivity index (χ1n) is 11.0. The van der Waals surface area contributed by atoms with E-state index in [1.165, 1.54) is 10.6 Å². The molecule has 1 amide bonds. The largest absolute Gasteiger partial charge is 0.491 e. The zero-order chi connectivity index (χ0) is 24.2. The number of imidazole rings is 1. The van der Waals surface area contributed by atoms with E-state index in [-0.39, 0.29) is 41.5 Å². The first kappa shape index (κ1) is 22.2. The summed E-state index contributed by atoms with van der Waals surface area (Å²) in [5, 5.41) is 0. The molecule has 1 aromatic carbocycles. The standard InChI is InChI=1S/C24H23F3N4O3/c1-14-11-29(13-28-14)19-4-5-20-23(33)30(7-8-31(20)22(19)32)15(2)12-34-21-6-3-16(25)9-17(21)18-10-24(18,26)27/h3-6,9,11,13,15,18H,7-8,10,12H2,1-2H3/t15-,18?/m0/s1. The minimum absolute atomic E-state index is 0.0410. The molecule has 0 radical (unpaired) electrons. The number of hydrogen-bond acceptors (Lipinski definition) is 4. The topological polar surface area (TPSA) is 69.4 Å². The number of benzene rings is 1. The minimum Gasteiger partial charge on any atom is -0.491 e. The number of aryl methyl sites for hydroxylation is 1. The third-order valence-corrected chi connectivity index (χ3v) is 6.37. The van der Waals surface area contributed by atoms with Crippen molar-refractivity contribution in [3.63, 3.8) is 0 Å². The Morgan fingerprint density at radius 1 is 1.21 bits per heavy atom. The average Bonchev–Trinajstić information content (AvgIpc) is 3.21. The van der Waals surface area contributed by atoms with Gasteiger partial charge in [-0.15, -0.1) is 0 Å². The van der Waals surface area contributed by atoms with E-state index in [9.17, 15) is 22.8 Å². The highest BCUT2D eigenvalue weighted by Gasteiger charge is 2.58. The van der Waals surface area contributed by atoms with E-state index in [1.54, 1.807) is 41.0 Å². The van der Waals surface area contributed by atoms with E-state index in [1.807, 2.05) is 6.92 Å². The summed E-state index contributed by atoms with van der Waals surface area (Å²) in [6.07, 6.45) is 2.96. The third-order valence-electron chi connectivity index (χ3n) is 6.37. The molecule has 0 spiro atoms. The first-order valence-corrected chi connectivity index (χ1v) is 11.0. The van der Waals surface area contributed by atoms with Crippen LogP contribution in [0.15, 0.2) is 47.7 Å². The summed E-state index contributed by atoms with van der Waals surface area (Å²) in [6, 6.07) is 6.40. The Kier molecular flexibility index (Phi) is 5.26. The molecule has 1 saturated carbocycles. The van der Waals surface area contributed by atoms with Gasteiger partial charge in [0, 0.05) is 31.3 Å². The molecule has 1 fully saturated rings. The van der Waals surface area contributed by atoms with Gasteiger partial charge in [-0.2, -0.15) is 0 Å². The molecule has 2 aliphatic rings. The molecule has 10 heteroatoms. The van der Waals surface area contributed by atoms with E-state index in [2.05, 4.69) is 4.98 Å². The molecule has 2 atom stereocenters. The van der Waals surface area contributed by atoms with Crippen LogP contribution in [0.2, 0.25) is 0 Å². The fourth-order valence-electron chi connectivity index (χ4n) is 4.38. The van der Waals surface area contributed by atoms with Gasteiger partial charge >= 0.3 is 0 Å². The summed E-state index contributed by atoms with van der Waals surface area (Å²) in [5.74, 6) is -4.64. The maximum atomic E-state index is 13.7. The normalized spacial score (nSPS) is 19.6. The van der Waals surface area contributed by atoms with Gasteiger partial charge < -0.3 is 18.8 Å². The summed E-state index contributed by atoms with van der Waals surface area (Å²) in [4.78, 5) is 31.8. The summed E-state index contributed by atoms with van der Waals surface area (Å²) >= 11 is 0. The van der Waals surface area contributed by atoms with Crippen LogP contribution in [-0.2, 0) is 6.54 Å². The molecule has 1 unspecified atom stereocenters. The number of pyridine rings is 1. The number of amides is 1. The Morgan fingerprint density at radius 2 is 1.97 bits per heavy atom. The number of halogens is 3. The van der Waals surface area contributed by atoms with E-state index in [0.29, 0.717) is 18.8 Å². The first-order chi connectivity index (χ1) is 16.2. The van der Waals surface area contributed by atoms with E-state index < -0.39 is 23.7 Å². The van der Waals surface area contributed by atoms with Crippen molar-refractivity contribution in [3.05, 3.63) is 76.0 Å².